The summed E-state index contributed by atoms with van der Waals surface area (Å²) >= 11 is 0. The molecule has 1 aromatic heterocycles. The van der Waals surface area contributed by atoms with Crippen LogP contribution in [0.4, 0.5) is 0 Å². The summed E-state index contributed by atoms with van der Waals surface area (Å²) in [4.78, 5) is 41.6. The summed E-state index contributed by atoms with van der Waals surface area (Å²) in [5.41, 5.74) is 0. The second kappa shape index (κ2) is 7.67. The smallest absolute Gasteiger partial charge is 0.240 e. The van der Waals surface area contributed by atoms with E-state index in [2.05, 4.69) is 22.4 Å². The molecule has 2 saturated heterocycles. The van der Waals surface area contributed by atoms with Crippen LogP contribution in [0.2, 0.25) is 0 Å². The van der Waals surface area contributed by atoms with Crippen LogP contribution < -0.4 is 5.32 Å². The zero-order chi connectivity index (χ0) is 20.8. The maximum Gasteiger partial charge on any atom is 0.240 e. The Kier molecular flexibility index (Phi) is 4.99. The largest absolute Gasteiger partial charge is 0.465 e. The Hall–Kier alpha value is -2.45. The molecular formula is C22H27N3O5. The summed E-state index contributed by atoms with van der Waals surface area (Å²) in [6.07, 6.45) is 4.99. The lowest BCUT2D eigenvalue weighted by molar-refractivity contribution is -0.144. The van der Waals surface area contributed by atoms with E-state index in [0.29, 0.717) is 19.8 Å². The van der Waals surface area contributed by atoms with Gasteiger partial charge < -0.3 is 14.5 Å². The van der Waals surface area contributed by atoms with Gasteiger partial charge in [-0.15, -0.1) is 0 Å². The van der Waals surface area contributed by atoms with Gasteiger partial charge in [-0.05, 0) is 37.3 Å². The number of morpholine rings is 1. The number of hydrogen-bond donors (Lipinski definition) is 1. The third-order valence-electron chi connectivity index (χ3n) is 6.93. The van der Waals surface area contributed by atoms with Gasteiger partial charge in [0.2, 0.25) is 17.7 Å². The van der Waals surface area contributed by atoms with Crippen LogP contribution in [-0.4, -0.2) is 66.9 Å². The number of carbonyl (C=O) groups excluding carboxylic acids is 3. The van der Waals surface area contributed by atoms with Gasteiger partial charge in [-0.25, -0.2) is 0 Å². The molecule has 2 bridgehead atoms. The van der Waals surface area contributed by atoms with Crippen LogP contribution in [0, 0.1) is 30.6 Å². The first-order valence-corrected chi connectivity index (χ1v) is 10.7. The SMILES string of the molecule is Cc1ccc(C(CNC(=O)CN2C(=O)C3C4C=CC(C4)C3C2=O)N2CCOCC2)o1. The fourth-order valence-corrected chi connectivity index (χ4v) is 5.46. The Morgan fingerprint density at radius 2 is 1.80 bits per heavy atom. The Morgan fingerprint density at radius 1 is 1.13 bits per heavy atom. The highest BCUT2D eigenvalue weighted by Crippen LogP contribution is 2.52. The normalized spacial score (nSPS) is 31.4. The van der Waals surface area contributed by atoms with Crippen LogP contribution in [0.5, 0.6) is 0 Å². The summed E-state index contributed by atoms with van der Waals surface area (Å²) in [6.45, 7) is 4.81. The number of ether oxygens (including phenoxy) is 1. The molecule has 1 aromatic rings. The van der Waals surface area contributed by atoms with E-state index < -0.39 is 0 Å². The number of rotatable bonds is 6. The van der Waals surface area contributed by atoms with Crippen molar-refractivity contribution in [1.29, 1.82) is 0 Å². The van der Waals surface area contributed by atoms with E-state index in [1.54, 1.807) is 0 Å². The molecule has 3 heterocycles. The maximum absolute atomic E-state index is 12.8. The van der Waals surface area contributed by atoms with E-state index in [1.807, 2.05) is 19.1 Å². The number of nitrogens with one attached hydrogen (secondary N) is 1. The maximum atomic E-state index is 12.8. The highest BCUT2D eigenvalue weighted by atomic mass is 16.5. The zero-order valence-corrected chi connectivity index (χ0v) is 17.1. The third kappa shape index (κ3) is 3.28. The van der Waals surface area contributed by atoms with Gasteiger partial charge in [-0.1, -0.05) is 12.2 Å². The van der Waals surface area contributed by atoms with Crippen molar-refractivity contribution in [1.82, 2.24) is 15.1 Å². The first-order chi connectivity index (χ1) is 14.5. The van der Waals surface area contributed by atoms with Crippen LogP contribution in [-0.2, 0) is 19.1 Å². The first kappa shape index (κ1) is 19.5. The number of nitrogens with zero attached hydrogens (tertiary/aromatic N) is 2. The molecule has 160 valence electrons. The lowest BCUT2D eigenvalue weighted by Crippen LogP contribution is -2.46. The molecule has 1 saturated carbocycles. The van der Waals surface area contributed by atoms with Gasteiger partial charge in [-0.2, -0.15) is 0 Å². The van der Waals surface area contributed by atoms with Crippen molar-refractivity contribution in [3.63, 3.8) is 0 Å². The van der Waals surface area contributed by atoms with E-state index in [0.717, 1.165) is 35.9 Å². The van der Waals surface area contributed by atoms with Gasteiger partial charge in [0.15, 0.2) is 0 Å². The number of fused-ring (bicyclic) bond motifs is 5. The van der Waals surface area contributed by atoms with Crippen LogP contribution in [0.3, 0.4) is 0 Å². The number of furan rings is 1. The summed E-state index contributed by atoms with van der Waals surface area (Å²) in [6, 6.07) is 3.72. The van der Waals surface area contributed by atoms with Crippen molar-refractivity contribution in [2.75, 3.05) is 39.4 Å². The van der Waals surface area contributed by atoms with Gasteiger partial charge >= 0.3 is 0 Å². The van der Waals surface area contributed by atoms with Crippen molar-refractivity contribution < 1.29 is 23.5 Å². The molecule has 5 rings (SSSR count). The molecule has 1 N–H and O–H groups in total. The van der Waals surface area contributed by atoms with Crippen LogP contribution in [0.15, 0.2) is 28.7 Å². The average molecular weight is 413 g/mol. The number of hydrogen-bond acceptors (Lipinski definition) is 6. The minimum Gasteiger partial charge on any atom is -0.465 e. The monoisotopic (exact) mass is 413 g/mol. The van der Waals surface area contributed by atoms with Crippen LogP contribution >= 0.6 is 0 Å². The topological polar surface area (TPSA) is 92.1 Å². The average Bonchev–Trinajstić information content (AvgIpc) is 3.51. The molecule has 30 heavy (non-hydrogen) atoms. The Bertz CT molecular complexity index is 857. The summed E-state index contributed by atoms with van der Waals surface area (Å²) in [5, 5.41) is 2.92. The second-order valence-corrected chi connectivity index (χ2v) is 8.68. The molecule has 5 unspecified atom stereocenters. The molecule has 2 aliphatic heterocycles. The molecule has 8 heteroatoms. The van der Waals surface area contributed by atoms with Gasteiger partial charge in [0.1, 0.15) is 18.1 Å². The molecule has 0 spiro atoms. The van der Waals surface area contributed by atoms with Crippen molar-refractivity contribution >= 4 is 17.7 Å². The number of aryl methyl sites for hydroxylation is 1. The molecule has 5 atom stereocenters. The Balaban J connectivity index is 1.22. The standard InChI is InChI=1S/C22H27N3O5/c1-13-2-5-17(30-13)16(24-6-8-29-9-7-24)11-23-18(26)12-25-21(27)19-14-3-4-15(10-14)20(19)22(25)28/h2-5,14-16,19-20H,6-12H2,1H3,(H,23,26). The molecule has 8 nitrogen and oxygen atoms in total. The highest BCUT2D eigenvalue weighted by Gasteiger charge is 2.59. The van der Waals surface area contributed by atoms with E-state index in [-0.39, 0.29) is 54.0 Å². The lowest BCUT2D eigenvalue weighted by Gasteiger charge is -2.33. The second-order valence-electron chi connectivity index (χ2n) is 8.68. The van der Waals surface area contributed by atoms with E-state index in [4.69, 9.17) is 9.15 Å². The fraction of sp³-hybridized carbons (Fsp3) is 0.591. The fourth-order valence-electron chi connectivity index (χ4n) is 5.46. The minimum absolute atomic E-state index is 0.115. The van der Waals surface area contributed by atoms with Gasteiger partial charge in [-0.3, -0.25) is 24.2 Å². The van der Waals surface area contributed by atoms with Gasteiger partial charge in [0.05, 0.1) is 31.1 Å². The third-order valence-corrected chi connectivity index (χ3v) is 6.93. The van der Waals surface area contributed by atoms with Crippen LogP contribution in [0.1, 0.15) is 24.0 Å². The predicted molar refractivity (Wildman–Crippen MR) is 106 cm³/mol. The first-order valence-electron chi connectivity index (χ1n) is 10.7. The minimum atomic E-state index is -0.321. The molecule has 3 amide bonds. The highest BCUT2D eigenvalue weighted by molar-refractivity contribution is 6.08. The van der Waals surface area contributed by atoms with Gasteiger partial charge in [0.25, 0.3) is 0 Å². The number of likely N-dealkylation sites (tertiary alicyclic amines) is 1. The molecule has 0 radical (unpaired) electrons. The summed E-state index contributed by atoms with van der Waals surface area (Å²) in [7, 11) is 0. The molecule has 3 fully saturated rings. The number of allylic oxidation sites excluding steroid dienone is 2. The van der Waals surface area contributed by atoms with Crippen molar-refractivity contribution in [2.24, 2.45) is 23.7 Å². The lowest BCUT2D eigenvalue weighted by atomic mass is 9.85. The van der Waals surface area contributed by atoms with E-state index in [1.165, 1.54) is 0 Å². The van der Waals surface area contributed by atoms with E-state index >= 15 is 0 Å². The predicted octanol–water partition coefficient (Wildman–Crippen LogP) is 0.885. The molecule has 4 aliphatic rings. The quantitative estimate of drug-likeness (QED) is 0.550. The van der Waals surface area contributed by atoms with Crippen molar-refractivity contribution in [3.8, 4) is 0 Å². The number of carbonyl (C=O) groups is 3. The summed E-state index contributed by atoms with van der Waals surface area (Å²) < 4.78 is 11.3. The van der Waals surface area contributed by atoms with Crippen molar-refractivity contribution in [3.05, 3.63) is 35.8 Å². The Labute approximate surface area is 175 Å². The molecule has 0 aromatic carbocycles. The zero-order valence-electron chi connectivity index (χ0n) is 17.1. The van der Waals surface area contributed by atoms with Crippen molar-refractivity contribution in [2.45, 2.75) is 19.4 Å². The summed E-state index contributed by atoms with van der Waals surface area (Å²) in [5.74, 6) is 0.665. The van der Waals surface area contributed by atoms with E-state index in [9.17, 15) is 14.4 Å². The van der Waals surface area contributed by atoms with Gasteiger partial charge in [0, 0.05) is 19.6 Å². The molecular weight excluding hydrogens is 386 g/mol. The Morgan fingerprint density at radius 3 is 2.40 bits per heavy atom. The van der Waals surface area contributed by atoms with Crippen LogP contribution in [0.25, 0.3) is 0 Å². The molecule has 2 aliphatic carbocycles. The number of amides is 3. The number of imide groups is 1.